The average Bonchev–Trinajstić information content (AvgIpc) is 2.00. The maximum absolute atomic E-state index is 10.9. The van der Waals surface area contributed by atoms with Crippen molar-refractivity contribution in [3.8, 4) is 0 Å². The standard InChI is InChI=1S/C7H14N2O2S/c1-6(10)8-5-9-7(11)3-4-12-2/h3-5H2,1-2H3,(H,8,10)(H,9,11). The van der Waals surface area contributed by atoms with E-state index in [9.17, 15) is 9.59 Å². The molecule has 4 nitrogen and oxygen atoms in total. The van der Waals surface area contributed by atoms with Crippen LogP contribution in [0.15, 0.2) is 0 Å². The third kappa shape index (κ3) is 7.40. The summed E-state index contributed by atoms with van der Waals surface area (Å²) in [6, 6.07) is 0. The molecule has 0 atom stereocenters. The highest BCUT2D eigenvalue weighted by atomic mass is 32.2. The second kappa shape index (κ2) is 6.97. The minimum absolute atomic E-state index is 0.0295. The van der Waals surface area contributed by atoms with Crippen LogP contribution in [0.4, 0.5) is 0 Å². The van der Waals surface area contributed by atoms with E-state index in [1.165, 1.54) is 6.92 Å². The predicted octanol–water partition coefficient (Wildman–Crippen LogP) is -0.0507. The fourth-order valence-electron chi connectivity index (χ4n) is 0.550. The summed E-state index contributed by atoms with van der Waals surface area (Å²) in [5.41, 5.74) is 0. The number of hydrogen-bond acceptors (Lipinski definition) is 3. The Kier molecular flexibility index (Phi) is 6.55. The molecule has 0 bridgehead atoms. The molecule has 2 N–H and O–H groups in total. The molecule has 2 amide bonds. The Morgan fingerprint density at radius 2 is 2.00 bits per heavy atom. The molecule has 0 aromatic rings. The number of amides is 2. The molecule has 5 heteroatoms. The quantitative estimate of drug-likeness (QED) is 0.598. The van der Waals surface area contributed by atoms with Crippen LogP contribution in [0.1, 0.15) is 13.3 Å². The van der Waals surface area contributed by atoms with Crippen molar-refractivity contribution in [3.05, 3.63) is 0 Å². The topological polar surface area (TPSA) is 58.2 Å². The van der Waals surface area contributed by atoms with Crippen molar-refractivity contribution >= 4 is 23.6 Å². The van der Waals surface area contributed by atoms with Gasteiger partial charge in [0, 0.05) is 19.1 Å². The molecule has 0 aliphatic heterocycles. The summed E-state index contributed by atoms with van der Waals surface area (Å²) in [4.78, 5) is 21.3. The monoisotopic (exact) mass is 190 g/mol. The molecular weight excluding hydrogens is 176 g/mol. The van der Waals surface area contributed by atoms with Gasteiger partial charge in [0.15, 0.2) is 0 Å². The molecule has 12 heavy (non-hydrogen) atoms. The van der Waals surface area contributed by atoms with Crippen LogP contribution in [0.2, 0.25) is 0 Å². The lowest BCUT2D eigenvalue weighted by Gasteiger charge is -2.04. The molecule has 70 valence electrons. The first-order valence-corrected chi connectivity index (χ1v) is 5.06. The van der Waals surface area contributed by atoms with Gasteiger partial charge >= 0.3 is 0 Å². The van der Waals surface area contributed by atoms with Gasteiger partial charge in [0.05, 0.1) is 6.67 Å². The first kappa shape index (κ1) is 11.3. The van der Waals surface area contributed by atoms with Crippen LogP contribution in [0.5, 0.6) is 0 Å². The van der Waals surface area contributed by atoms with Gasteiger partial charge in [0.2, 0.25) is 11.8 Å². The highest BCUT2D eigenvalue weighted by Crippen LogP contribution is 1.93. The molecule has 0 aliphatic rings. The lowest BCUT2D eigenvalue weighted by molar-refractivity contribution is -0.121. The third-order valence-electron chi connectivity index (χ3n) is 1.16. The minimum Gasteiger partial charge on any atom is -0.339 e. The van der Waals surface area contributed by atoms with Gasteiger partial charge in [-0.05, 0) is 6.26 Å². The van der Waals surface area contributed by atoms with Crippen molar-refractivity contribution in [1.29, 1.82) is 0 Å². The first-order valence-electron chi connectivity index (χ1n) is 3.67. The Morgan fingerprint density at radius 3 is 2.50 bits per heavy atom. The SMILES string of the molecule is CSCCC(=O)NCNC(C)=O. The molecule has 0 aromatic heterocycles. The molecule has 0 saturated carbocycles. The largest absolute Gasteiger partial charge is 0.339 e. The fourth-order valence-corrected chi connectivity index (χ4v) is 0.940. The summed E-state index contributed by atoms with van der Waals surface area (Å²) >= 11 is 1.62. The van der Waals surface area contributed by atoms with E-state index in [1.54, 1.807) is 11.8 Å². The van der Waals surface area contributed by atoms with Gasteiger partial charge in [-0.3, -0.25) is 9.59 Å². The second-order valence-electron chi connectivity index (χ2n) is 2.25. The van der Waals surface area contributed by atoms with E-state index >= 15 is 0 Å². The number of thioether (sulfide) groups is 1. The average molecular weight is 190 g/mol. The van der Waals surface area contributed by atoms with E-state index < -0.39 is 0 Å². The van der Waals surface area contributed by atoms with E-state index in [2.05, 4.69) is 10.6 Å². The predicted molar refractivity (Wildman–Crippen MR) is 49.8 cm³/mol. The summed E-state index contributed by atoms with van der Waals surface area (Å²) < 4.78 is 0. The summed E-state index contributed by atoms with van der Waals surface area (Å²) in [6.07, 6.45) is 2.45. The van der Waals surface area contributed by atoms with Crippen LogP contribution >= 0.6 is 11.8 Å². The van der Waals surface area contributed by atoms with Crippen molar-refractivity contribution in [2.75, 3.05) is 18.7 Å². The molecule has 0 aliphatic carbocycles. The molecule has 0 unspecified atom stereocenters. The Labute approximate surface area is 76.5 Å². The Hall–Kier alpha value is -0.710. The van der Waals surface area contributed by atoms with Crippen LogP contribution in [0.25, 0.3) is 0 Å². The summed E-state index contributed by atoms with van der Waals surface area (Å²) in [7, 11) is 0. The van der Waals surface area contributed by atoms with Crippen molar-refractivity contribution < 1.29 is 9.59 Å². The van der Waals surface area contributed by atoms with Crippen molar-refractivity contribution in [2.45, 2.75) is 13.3 Å². The Balaban J connectivity index is 3.25. The van der Waals surface area contributed by atoms with E-state index in [0.29, 0.717) is 6.42 Å². The van der Waals surface area contributed by atoms with Crippen LogP contribution in [-0.4, -0.2) is 30.5 Å². The van der Waals surface area contributed by atoms with E-state index in [4.69, 9.17) is 0 Å². The smallest absolute Gasteiger partial charge is 0.222 e. The lowest BCUT2D eigenvalue weighted by Crippen LogP contribution is -2.36. The van der Waals surface area contributed by atoms with Gasteiger partial charge in [0.1, 0.15) is 0 Å². The highest BCUT2D eigenvalue weighted by molar-refractivity contribution is 7.98. The van der Waals surface area contributed by atoms with Gasteiger partial charge in [-0.1, -0.05) is 0 Å². The zero-order valence-electron chi connectivity index (χ0n) is 7.35. The maximum atomic E-state index is 10.9. The highest BCUT2D eigenvalue weighted by Gasteiger charge is 1.98. The van der Waals surface area contributed by atoms with Crippen LogP contribution in [-0.2, 0) is 9.59 Å². The molecule has 0 rings (SSSR count). The number of rotatable bonds is 5. The van der Waals surface area contributed by atoms with E-state index in [1.807, 2.05) is 6.26 Å². The molecule has 0 saturated heterocycles. The fraction of sp³-hybridized carbons (Fsp3) is 0.714. The third-order valence-corrected chi connectivity index (χ3v) is 1.77. The molecule has 0 fully saturated rings. The summed E-state index contributed by atoms with van der Waals surface area (Å²) in [5, 5.41) is 5.04. The molecule has 0 aromatic carbocycles. The Morgan fingerprint density at radius 1 is 1.33 bits per heavy atom. The number of carbonyl (C=O) groups excluding carboxylic acids is 2. The Bertz CT molecular complexity index is 161. The van der Waals surface area contributed by atoms with Crippen LogP contribution in [0, 0.1) is 0 Å². The maximum Gasteiger partial charge on any atom is 0.222 e. The number of hydrogen-bond donors (Lipinski definition) is 2. The zero-order chi connectivity index (χ0) is 9.40. The van der Waals surface area contributed by atoms with Gasteiger partial charge < -0.3 is 10.6 Å². The molecule has 0 radical (unpaired) electrons. The van der Waals surface area contributed by atoms with Crippen molar-refractivity contribution in [3.63, 3.8) is 0 Å². The second-order valence-corrected chi connectivity index (χ2v) is 3.24. The van der Waals surface area contributed by atoms with Gasteiger partial charge in [-0.15, -0.1) is 0 Å². The van der Waals surface area contributed by atoms with Crippen molar-refractivity contribution in [1.82, 2.24) is 10.6 Å². The zero-order valence-corrected chi connectivity index (χ0v) is 8.16. The van der Waals surface area contributed by atoms with Gasteiger partial charge in [-0.2, -0.15) is 11.8 Å². The summed E-state index contributed by atoms with van der Waals surface area (Å²) in [6.45, 7) is 1.64. The number of nitrogens with one attached hydrogen (secondary N) is 2. The first-order chi connectivity index (χ1) is 5.66. The van der Waals surface area contributed by atoms with Crippen LogP contribution in [0.3, 0.4) is 0 Å². The molecular formula is C7H14N2O2S. The van der Waals surface area contributed by atoms with Crippen molar-refractivity contribution in [2.24, 2.45) is 0 Å². The molecule has 0 spiro atoms. The van der Waals surface area contributed by atoms with Crippen LogP contribution < -0.4 is 10.6 Å². The van der Waals surface area contributed by atoms with Gasteiger partial charge in [-0.25, -0.2) is 0 Å². The van der Waals surface area contributed by atoms with Gasteiger partial charge in [0.25, 0.3) is 0 Å². The number of carbonyl (C=O) groups is 2. The lowest BCUT2D eigenvalue weighted by atomic mass is 10.4. The summed E-state index contributed by atoms with van der Waals surface area (Å²) in [5.74, 6) is 0.643. The molecule has 0 heterocycles. The minimum atomic E-state index is -0.139. The van der Waals surface area contributed by atoms with E-state index in [-0.39, 0.29) is 18.5 Å². The normalized spacial score (nSPS) is 9.17. The van der Waals surface area contributed by atoms with E-state index in [0.717, 1.165) is 5.75 Å².